The van der Waals surface area contributed by atoms with Crippen LogP contribution >= 0.6 is 0 Å². The van der Waals surface area contributed by atoms with Crippen LogP contribution in [0.2, 0.25) is 0 Å². The first-order valence-corrected chi connectivity index (χ1v) is 9.79. The maximum absolute atomic E-state index is 12.8. The highest BCUT2D eigenvalue weighted by Crippen LogP contribution is 2.35. The van der Waals surface area contributed by atoms with Crippen LogP contribution in [0.5, 0.6) is 5.75 Å². The van der Waals surface area contributed by atoms with Crippen molar-refractivity contribution in [3.8, 4) is 5.75 Å². The minimum Gasteiger partial charge on any atom is -0.497 e. The Morgan fingerprint density at radius 3 is 2.33 bits per heavy atom. The Balaban J connectivity index is 1.58. The van der Waals surface area contributed by atoms with Gasteiger partial charge in [0.2, 0.25) is 11.8 Å². The zero-order valence-electron chi connectivity index (χ0n) is 16.3. The molecule has 0 aromatic heterocycles. The van der Waals surface area contributed by atoms with Gasteiger partial charge in [-0.15, -0.1) is 0 Å². The minimum atomic E-state index is 0.113. The van der Waals surface area contributed by atoms with Gasteiger partial charge in [0.15, 0.2) is 0 Å². The molecule has 2 fully saturated rings. The summed E-state index contributed by atoms with van der Waals surface area (Å²) in [5.74, 6) is 1.96. The van der Waals surface area contributed by atoms with Crippen LogP contribution < -0.4 is 4.74 Å². The number of carbonyl (C=O) groups excluding carboxylic acids is 2. The van der Waals surface area contributed by atoms with Crippen LogP contribution in [0.15, 0.2) is 24.3 Å². The summed E-state index contributed by atoms with van der Waals surface area (Å²) in [6, 6.07) is 7.58. The van der Waals surface area contributed by atoms with Crippen LogP contribution in [0.25, 0.3) is 0 Å². The van der Waals surface area contributed by atoms with E-state index in [1.165, 1.54) is 0 Å². The van der Waals surface area contributed by atoms with Crippen molar-refractivity contribution in [1.29, 1.82) is 0 Å². The predicted molar refractivity (Wildman–Crippen MR) is 102 cm³/mol. The first kappa shape index (κ1) is 19.7. The van der Waals surface area contributed by atoms with Crippen LogP contribution in [0, 0.1) is 17.8 Å². The van der Waals surface area contributed by atoms with Crippen LogP contribution in [-0.4, -0.2) is 66.6 Å². The van der Waals surface area contributed by atoms with Crippen LogP contribution in [0.1, 0.15) is 25.3 Å². The quantitative estimate of drug-likeness (QED) is 0.849. The van der Waals surface area contributed by atoms with Gasteiger partial charge in [-0.25, -0.2) is 0 Å². The van der Waals surface area contributed by atoms with Crippen molar-refractivity contribution < 1.29 is 19.4 Å². The molecule has 6 heteroatoms. The summed E-state index contributed by atoms with van der Waals surface area (Å²) in [7, 11) is 1.63. The van der Waals surface area contributed by atoms with Crippen LogP contribution in [0.4, 0.5) is 0 Å². The molecule has 2 amide bonds. The number of rotatable bonds is 5. The van der Waals surface area contributed by atoms with Gasteiger partial charge in [-0.1, -0.05) is 12.1 Å². The van der Waals surface area contributed by atoms with Gasteiger partial charge in [0.25, 0.3) is 0 Å². The van der Waals surface area contributed by atoms with Gasteiger partial charge in [0, 0.05) is 45.6 Å². The van der Waals surface area contributed by atoms with Gasteiger partial charge in [0.1, 0.15) is 5.75 Å². The number of amides is 2. The molecular weight excluding hydrogens is 344 g/mol. The number of hydrogen-bond acceptors (Lipinski definition) is 4. The highest BCUT2D eigenvalue weighted by atomic mass is 16.5. The van der Waals surface area contributed by atoms with E-state index in [9.17, 15) is 14.7 Å². The van der Waals surface area contributed by atoms with Crippen molar-refractivity contribution in [2.24, 2.45) is 17.8 Å². The van der Waals surface area contributed by atoms with Crippen molar-refractivity contribution in [3.63, 3.8) is 0 Å². The van der Waals surface area contributed by atoms with Gasteiger partial charge in [-0.3, -0.25) is 9.59 Å². The van der Waals surface area contributed by atoms with Crippen molar-refractivity contribution in [1.82, 2.24) is 9.80 Å². The first-order valence-electron chi connectivity index (χ1n) is 9.79. The zero-order chi connectivity index (χ0) is 19.4. The van der Waals surface area contributed by atoms with Gasteiger partial charge < -0.3 is 19.6 Å². The fourth-order valence-corrected chi connectivity index (χ4v) is 4.50. The standard InChI is InChI=1S/C21H30N2O4/c1-15(25)22-9-7-17(8-10-22)20-13-23(12-18(20)14-24)21(26)11-16-3-5-19(27-2)6-4-16/h3-6,17-18,20,24H,7-14H2,1-2H3/t18-,20-/m0/s1. The Kier molecular flexibility index (Phi) is 6.37. The lowest BCUT2D eigenvalue weighted by Crippen LogP contribution is -2.40. The molecule has 0 unspecified atom stereocenters. The molecule has 2 heterocycles. The normalized spacial score (nSPS) is 23.5. The molecule has 0 saturated carbocycles. The summed E-state index contributed by atoms with van der Waals surface area (Å²) in [5, 5.41) is 9.84. The lowest BCUT2D eigenvalue weighted by molar-refractivity contribution is -0.130. The summed E-state index contributed by atoms with van der Waals surface area (Å²) in [4.78, 5) is 28.1. The summed E-state index contributed by atoms with van der Waals surface area (Å²) >= 11 is 0. The number of aliphatic hydroxyl groups is 1. The van der Waals surface area contributed by atoms with Gasteiger partial charge >= 0.3 is 0 Å². The number of hydrogen-bond donors (Lipinski definition) is 1. The summed E-state index contributed by atoms with van der Waals surface area (Å²) in [6.07, 6.45) is 2.29. The molecule has 1 N–H and O–H groups in total. The van der Waals surface area contributed by atoms with Crippen LogP contribution in [-0.2, 0) is 16.0 Å². The average Bonchev–Trinajstić information content (AvgIpc) is 3.13. The molecule has 2 saturated heterocycles. The number of aliphatic hydroxyl groups excluding tert-OH is 1. The minimum absolute atomic E-state index is 0.113. The summed E-state index contributed by atoms with van der Waals surface area (Å²) < 4.78 is 5.16. The molecule has 2 atom stereocenters. The third-order valence-corrected chi connectivity index (χ3v) is 6.18. The van der Waals surface area contributed by atoms with Gasteiger partial charge in [0.05, 0.1) is 13.5 Å². The molecule has 0 spiro atoms. The van der Waals surface area contributed by atoms with E-state index >= 15 is 0 Å². The zero-order valence-corrected chi connectivity index (χ0v) is 16.3. The van der Waals surface area contributed by atoms with E-state index < -0.39 is 0 Å². The van der Waals surface area contributed by atoms with Crippen molar-refractivity contribution in [2.45, 2.75) is 26.2 Å². The molecule has 2 aliphatic rings. The second-order valence-electron chi connectivity index (χ2n) is 7.77. The van der Waals surface area contributed by atoms with E-state index in [1.807, 2.05) is 34.1 Å². The second kappa shape index (κ2) is 8.74. The van der Waals surface area contributed by atoms with Crippen molar-refractivity contribution >= 4 is 11.8 Å². The molecule has 6 nitrogen and oxygen atoms in total. The number of likely N-dealkylation sites (tertiary alicyclic amines) is 2. The third kappa shape index (κ3) is 4.61. The Labute approximate surface area is 161 Å². The Morgan fingerprint density at radius 2 is 1.78 bits per heavy atom. The fraction of sp³-hybridized carbons (Fsp3) is 0.619. The Morgan fingerprint density at radius 1 is 1.11 bits per heavy atom. The maximum atomic E-state index is 12.8. The molecule has 0 aliphatic carbocycles. The number of piperidine rings is 1. The lowest BCUT2D eigenvalue weighted by Gasteiger charge is -2.35. The molecule has 1 aromatic rings. The molecule has 0 bridgehead atoms. The maximum Gasteiger partial charge on any atom is 0.227 e. The number of carbonyl (C=O) groups is 2. The molecule has 1 aromatic carbocycles. The highest BCUT2D eigenvalue weighted by Gasteiger charge is 2.40. The van der Waals surface area contributed by atoms with Gasteiger partial charge in [-0.2, -0.15) is 0 Å². The topological polar surface area (TPSA) is 70.1 Å². The van der Waals surface area contributed by atoms with Gasteiger partial charge in [-0.05, 0) is 42.4 Å². The molecule has 0 radical (unpaired) electrons. The molecule has 148 valence electrons. The van der Waals surface area contributed by atoms with E-state index in [-0.39, 0.29) is 24.3 Å². The second-order valence-corrected chi connectivity index (χ2v) is 7.77. The smallest absolute Gasteiger partial charge is 0.227 e. The molecule has 27 heavy (non-hydrogen) atoms. The van der Waals surface area contributed by atoms with Crippen LogP contribution in [0.3, 0.4) is 0 Å². The average molecular weight is 374 g/mol. The first-order chi connectivity index (χ1) is 13.0. The van der Waals surface area contributed by atoms with E-state index in [1.54, 1.807) is 14.0 Å². The SMILES string of the molecule is COc1ccc(CC(=O)N2C[C@@H](CO)[C@H](C3CCN(C(C)=O)CC3)C2)cc1. The number of benzene rings is 1. The Bertz CT molecular complexity index is 653. The number of methoxy groups -OCH3 is 1. The van der Waals surface area contributed by atoms with Crippen molar-refractivity contribution in [2.75, 3.05) is 39.9 Å². The van der Waals surface area contributed by atoms with E-state index in [0.29, 0.717) is 31.3 Å². The molecule has 2 aliphatic heterocycles. The third-order valence-electron chi connectivity index (χ3n) is 6.18. The van der Waals surface area contributed by atoms with E-state index in [4.69, 9.17) is 4.74 Å². The molecule has 3 rings (SSSR count). The number of ether oxygens (including phenoxy) is 1. The number of nitrogens with zero attached hydrogens (tertiary/aromatic N) is 2. The van der Waals surface area contributed by atoms with Crippen molar-refractivity contribution in [3.05, 3.63) is 29.8 Å². The predicted octanol–water partition coefficient (Wildman–Crippen LogP) is 1.56. The fourth-order valence-electron chi connectivity index (χ4n) is 4.50. The highest BCUT2D eigenvalue weighted by molar-refractivity contribution is 5.79. The summed E-state index contributed by atoms with van der Waals surface area (Å²) in [5.41, 5.74) is 0.972. The monoisotopic (exact) mass is 374 g/mol. The van der Waals surface area contributed by atoms with E-state index in [0.717, 1.165) is 37.2 Å². The van der Waals surface area contributed by atoms with E-state index in [2.05, 4.69) is 0 Å². The largest absolute Gasteiger partial charge is 0.497 e. The Hall–Kier alpha value is -2.08. The lowest BCUT2D eigenvalue weighted by atomic mass is 9.79. The summed E-state index contributed by atoms with van der Waals surface area (Å²) in [6.45, 7) is 4.65. The molecular formula is C21H30N2O4.